The fourth-order valence-corrected chi connectivity index (χ4v) is 3.26. The maximum atomic E-state index is 12.4. The van der Waals surface area contributed by atoms with Crippen LogP contribution in [0.15, 0.2) is 24.3 Å². The molecule has 0 bridgehead atoms. The van der Waals surface area contributed by atoms with Gasteiger partial charge in [-0.1, -0.05) is 31.2 Å². The van der Waals surface area contributed by atoms with Gasteiger partial charge in [0.1, 0.15) is 5.41 Å². The van der Waals surface area contributed by atoms with Crippen LogP contribution >= 0.6 is 0 Å². The minimum atomic E-state index is -1.05. The molecule has 1 fully saturated rings. The number of rotatable bonds is 7. The second kappa shape index (κ2) is 7.60. The maximum Gasteiger partial charge on any atom is 0.319 e. The van der Waals surface area contributed by atoms with E-state index in [1.807, 2.05) is 24.3 Å². The molecule has 0 aliphatic heterocycles. The zero-order chi connectivity index (χ0) is 17.7. The summed E-state index contributed by atoms with van der Waals surface area (Å²) in [6.07, 6.45) is 2.47. The lowest BCUT2D eigenvalue weighted by atomic mass is 9.79. The summed E-state index contributed by atoms with van der Waals surface area (Å²) in [7, 11) is 0. The Bertz CT molecular complexity index is 619. The van der Waals surface area contributed by atoms with Crippen LogP contribution in [0, 0.1) is 11.3 Å². The van der Waals surface area contributed by atoms with E-state index in [9.17, 15) is 14.4 Å². The second-order valence-corrected chi connectivity index (χ2v) is 6.52. The van der Waals surface area contributed by atoms with Gasteiger partial charge in [0.05, 0.1) is 12.5 Å². The zero-order valence-electron chi connectivity index (χ0n) is 14.2. The van der Waals surface area contributed by atoms with Crippen molar-refractivity contribution in [3.05, 3.63) is 35.4 Å². The van der Waals surface area contributed by atoms with Crippen molar-refractivity contribution in [1.29, 1.82) is 0 Å². The Morgan fingerprint density at radius 1 is 1.25 bits per heavy atom. The van der Waals surface area contributed by atoms with Gasteiger partial charge in [-0.05, 0) is 43.7 Å². The first kappa shape index (κ1) is 18.2. The quantitative estimate of drug-likeness (QED) is 0.613. The van der Waals surface area contributed by atoms with Gasteiger partial charge in [-0.3, -0.25) is 14.4 Å². The van der Waals surface area contributed by atoms with Crippen molar-refractivity contribution < 1.29 is 24.2 Å². The lowest BCUT2D eigenvalue weighted by molar-refractivity contribution is -0.158. The predicted molar refractivity (Wildman–Crippen MR) is 88.6 cm³/mol. The van der Waals surface area contributed by atoms with Gasteiger partial charge in [-0.2, -0.15) is 0 Å². The van der Waals surface area contributed by atoms with E-state index in [4.69, 9.17) is 9.84 Å². The summed E-state index contributed by atoms with van der Waals surface area (Å²) in [6.45, 7) is 3.67. The number of hydrogen-bond donors (Lipinski definition) is 1. The van der Waals surface area contributed by atoms with Gasteiger partial charge in [0, 0.05) is 6.42 Å². The average Bonchev–Trinajstić information content (AvgIpc) is 2.91. The molecule has 2 rings (SSSR count). The molecule has 1 aliphatic carbocycles. The first-order chi connectivity index (χ1) is 11.4. The molecular weight excluding hydrogens is 308 g/mol. The Morgan fingerprint density at radius 3 is 2.38 bits per heavy atom. The summed E-state index contributed by atoms with van der Waals surface area (Å²) < 4.78 is 5.15. The molecule has 2 unspecified atom stereocenters. The van der Waals surface area contributed by atoms with E-state index >= 15 is 0 Å². The predicted octanol–water partition coefficient (Wildman–Crippen LogP) is 2.79. The van der Waals surface area contributed by atoms with Crippen molar-refractivity contribution in [3.63, 3.8) is 0 Å². The number of esters is 1. The molecular formula is C19H24O5. The minimum absolute atomic E-state index is 0.0375. The van der Waals surface area contributed by atoms with Crippen molar-refractivity contribution in [2.75, 3.05) is 6.61 Å². The standard InChI is InChI=1S/C19H24O5/c1-3-24-18(23)19(10-4-5-16(19)20)12-15-8-6-14(7-9-15)11-13(2)17(21)22/h6-9,13H,3-5,10-12H2,1-2H3,(H,21,22). The highest BCUT2D eigenvalue weighted by atomic mass is 16.5. The van der Waals surface area contributed by atoms with Crippen LogP contribution in [0.1, 0.15) is 44.2 Å². The number of hydrogen-bond acceptors (Lipinski definition) is 4. The van der Waals surface area contributed by atoms with Crippen LogP contribution < -0.4 is 0 Å². The van der Waals surface area contributed by atoms with Gasteiger partial charge >= 0.3 is 11.9 Å². The average molecular weight is 332 g/mol. The van der Waals surface area contributed by atoms with Gasteiger partial charge in [-0.25, -0.2) is 0 Å². The van der Waals surface area contributed by atoms with Crippen LogP contribution in [0.4, 0.5) is 0 Å². The van der Waals surface area contributed by atoms with Crippen LogP contribution in [-0.2, 0) is 32.0 Å². The summed E-state index contributed by atoms with van der Waals surface area (Å²) in [5, 5.41) is 8.97. The number of Topliss-reactive ketones (excluding diaryl/α,β-unsaturated/α-hetero) is 1. The monoisotopic (exact) mass is 332 g/mol. The van der Waals surface area contributed by atoms with Crippen LogP contribution in [0.5, 0.6) is 0 Å². The highest BCUT2D eigenvalue weighted by molar-refractivity contribution is 6.05. The molecule has 24 heavy (non-hydrogen) atoms. The van der Waals surface area contributed by atoms with Crippen molar-refractivity contribution in [1.82, 2.24) is 0 Å². The van der Waals surface area contributed by atoms with Gasteiger partial charge in [-0.15, -0.1) is 0 Å². The first-order valence-electron chi connectivity index (χ1n) is 8.40. The molecule has 1 aromatic carbocycles. The molecule has 0 saturated heterocycles. The number of benzene rings is 1. The first-order valence-corrected chi connectivity index (χ1v) is 8.40. The van der Waals surface area contributed by atoms with Crippen molar-refractivity contribution in [3.8, 4) is 0 Å². The van der Waals surface area contributed by atoms with E-state index in [-0.39, 0.29) is 12.4 Å². The van der Waals surface area contributed by atoms with Crippen molar-refractivity contribution >= 4 is 17.7 Å². The van der Waals surface area contributed by atoms with Crippen LogP contribution in [0.3, 0.4) is 0 Å². The molecule has 0 radical (unpaired) electrons. The summed E-state index contributed by atoms with van der Waals surface area (Å²) >= 11 is 0. The molecule has 1 aliphatic rings. The fraction of sp³-hybridized carbons (Fsp3) is 0.526. The van der Waals surface area contributed by atoms with Gasteiger partial charge in [0.15, 0.2) is 5.78 Å². The number of carbonyl (C=O) groups excluding carboxylic acids is 2. The summed E-state index contributed by atoms with van der Waals surface area (Å²) in [6, 6.07) is 7.48. The highest BCUT2D eigenvalue weighted by Gasteiger charge is 2.49. The molecule has 0 amide bonds. The smallest absolute Gasteiger partial charge is 0.319 e. The SMILES string of the molecule is CCOC(=O)C1(Cc2ccc(CC(C)C(=O)O)cc2)CCCC1=O. The molecule has 1 aromatic rings. The molecule has 1 N–H and O–H groups in total. The number of carboxylic acids is 1. The van der Waals surface area contributed by atoms with E-state index in [1.165, 1.54) is 0 Å². The topological polar surface area (TPSA) is 80.7 Å². The van der Waals surface area contributed by atoms with Crippen molar-refractivity contribution in [2.45, 2.75) is 46.0 Å². The number of aliphatic carboxylic acids is 1. The largest absolute Gasteiger partial charge is 0.481 e. The molecule has 0 aromatic heterocycles. The van der Waals surface area contributed by atoms with Gasteiger partial charge in [0.2, 0.25) is 0 Å². The molecule has 0 spiro atoms. The maximum absolute atomic E-state index is 12.4. The van der Waals surface area contributed by atoms with Gasteiger partial charge < -0.3 is 9.84 Å². The molecule has 5 heteroatoms. The van der Waals surface area contributed by atoms with Gasteiger partial charge in [0.25, 0.3) is 0 Å². The number of ether oxygens (including phenoxy) is 1. The van der Waals surface area contributed by atoms with E-state index in [0.29, 0.717) is 32.1 Å². The lowest BCUT2D eigenvalue weighted by Crippen LogP contribution is -2.39. The second-order valence-electron chi connectivity index (χ2n) is 6.52. The summed E-state index contributed by atoms with van der Waals surface area (Å²) in [5.41, 5.74) is 0.771. The third-order valence-corrected chi connectivity index (χ3v) is 4.70. The fourth-order valence-electron chi connectivity index (χ4n) is 3.26. The molecule has 130 valence electrons. The lowest BCUT2D eigenvalue weighted by Gasteiger charge is -2.25. The van der Waals surface area contributed by atoms with Crippen LogP contribution in [0.25, 0.3) is 0 Å². The normalized spacial score (nSPS) is 21.5. The third-order valence-electron chi connectivity index (χ3n) is 4.70. The zero-order valence-corrected chi connectivity index (χ0v) is 14.2. The van der Waals surface area contributed by atoms with E-state index < -0.39 is 23.3 Å². The summed E-state index contributed by atoms with van der Waals surface area (Å²) in [4.78, 5) is 35.6. The molecule has 2 atom stereocenters. The molecule has 0 heterocycles. The van der Waals surface area contributed by atoms with Crippen LogP contribution in [-0.4, -0.2) is 29.4 Å². The number of carbonyl (C=O) groups is 3. The Balaban J connectivity index is 2.14. The molecule has 1 saturated carbocycles. The Morgan fingerprint density at radius 2 is 1.88 bits per heavy atom. The summed E-state index contributed by atoms with van der Waals surface area (Å²) in [5.74, 6) is -1.73. The molecule has 5 nitrogen and oxygen atoms in total. The highest BCUT2D eigenvalue weighted by Crippen LogP contribution is 2.39. The Hall–Kier alpha value is -2.17. The van der Waals surface area contributed by atoms with E-state index in [1.54, 1.807) is 13.8 Å². The number of ketones is 1. The van der Waals surface area contributed by atoms with E-state index in [2.05, 4.69) is 0 Å². The minimum Gasteiger partial charge on any atom is -0.481 e. The Labute approximate surface area is 142 Å². The van der Waals surface area contributed by atoms with Crippen LogP contribution in [0.2, 0.25) is 0 Å². The number of carboxylic acid groups (broad SMARTS) is 1. The van der Waals surface area contributed by atoms with Crippen molar-refractivity contribution in [2.24, 2.45) is 11.3 Å². The Kier molecular flexibility index (Phi) is 5.75. The van der Waals surface area contributed by atoms with E-state index in [0.717, 1.165) is 11.1 Å². The third kappa shape index (κ3) is 3.83.